The molecule has 1 heterocycles. The maximum absolute atomic E-state index is 12.1. The molecule has 0 aromatic rings. The number of carbonyl (C=O) groups is 1. The fourth-order valence-electron chi connectivity index (χ4n) is 2.44. The summed E-state index contributed by atoms with van der Waals surface area (Å²) in [5.41, 5.74) is 0.372. The number of rotatable bonds is 6. The first-order valence-electron chi connectivity index (χ1n) is 8.20. The van der Waals surface area contributed by atoms with Gasteiger partial charge < -0.3 is 15.3 Å². The highest BCUT2D eigenvalue weighted by atomic mass is 16.3. The van der Waals surface area contributed by atoms with Crippen molar-refractivity contribution >= 4 is 6.03 Å². The number of aliphatic hydroxyl groups excluding tert-OH is 1. The number of nitrogens with zero attached hydrogens (tertiary/aromatic N) is 2. The Kier molecular flexibility index (Phi) is 7.46. The van der Waals surface area contributed by atoms with E-state index in [4.69, 9.17) is 5.11 Å². The Bertz CT molecular complexity index is 307. The minimum atomic E-state index is 0.0379. The standard InChI is InChI=1S/C16H33N3O2/c1-14(6-5-13-20)17-15(21)19-11-9-18(10-12-19)8-7-16(2,3)4/h14,20H,5-13H2,1-4H3,(H,17,21). The predicted molar refractivity (Wildman–Crippen MR) is 86.4 cm³/mol. The molecule has 1 aliphatic rings. The lowest BCUT2D eigenvalue weighted by atomic mass is 9.92. The molecule has 1 atom stereocenters. The van der Waals surface area contributed by atoms with Crippen molar-refractivity contribution in [2.75, 3.05) is 39.3 Å². The molecule has 21 heavy (non-hydrogen) atoms. The van der Waals surface area contributed by atoms with Crippen molar-refractivity contribution in [3.05, 3.63) is 0 Å². The molecule has 1 saturated heterocycles. The van der Waals surface area contributed by atoms with Crippen molar-refractivity contribution in [2.45, 2.75) is 53.0 Å². The first-order valence-corrected chi connectivity index (χ1v) is 8.20. The monoisotopic (exact) mass is 299 g/mol. The number of hydrogen-bond donors (Lipinski definition) is 2. The smallest absolute Gasteiger partial charge is 0.317 e. The summed E-state index contributed by atoms with van der Waals surface area (Å²) in [6, 6.07) is 0.166. The van der Waals surface area contributed by atoms with Gasteiger partial charge in [0.1, 0.15) is 0 Å². The average Bonchev–Trinajstić information content (AvgIpc) is 2.42. The van der Waals surface area contributed by atoms with E-state index >= 15 is 0 Å². The molecule has 124 valence electrons. The third-order valence-electron chi connectivity index (χ3n) is 4.00. The van der Waals surface area contributed by atoms with Gasteiger partial charge in [0.2, 0.25) is 0 Å². The number of carbonyl (C=O) groups excluding carboxylic acids is 1. The van der Waals surface area contributed by atoms with Crippen molar-refractivity contribution in [1.82, 2.24) is 15.1 Å². The second-order valence-electron chi connectivity index (χ2n) is 7.36. The van der Waals surface area contributed by atoms with Crippen molar-refractivity contribution in [1.29, 1.82) is 0 Å². The van der Waals surface area contributed by atoms with Gasteiger partial charge in [-0.05, 0) is 38.1 Å². The minimum Gasteiger partial charge on any atom is -0.396 e. The molecule has 5 heteroatoms. The van der Waals surface area contributed by atoms with Crippen molar-refractivity contribution in [2.24, 2.45) is 5.41 Å². The fraction of sp³-hybridized carbons (Fsp3) is 0.938. The summed E-state index contributed by atoms with van der Waals surface area (Å²) in [5.74, 6) is 0. The SMILES string of the molecule is CC(CCCO)NC(=O)N1CCN(CCC(C)(C)C)CC1. The third kappa shape index (κ3) is 7.67. The molecule has 0 spiro atoms. The van der Waals surface area contributed by atoms with Gasteiger partial charge >= 0.3 is 6.03 Å². The van der Waals surface area contributed by atoms with E-state index in [1.54, 1.807) is 0 Å². The Morgan fingerprint density at radius 1 is 1.24 bits per heavy atom. The fourth-order valence-corrected chi connectivity index (χ4v) is 2.44. The zero-order chi connectivity index (χ0) is 15.9. The molecule has 2 amide bonds. The Morgan fingerprint density at radius 2 is 1.86 bits per heavy atom. The predicted octanol–water partition coefficient (Wildman–Crippen LogP) is 1.91. The van der Waals surface area contributed by atoms with Crippen molar-refractivity contribution in [3.8, 4) is 0 Å². The quantitative estimate of drug-likeness (QED) is 0.788. The van der Waals surface area contributed by atoms with E-state index in [0.717, 1.165) is 45.6 Å². The normalized spacial score (nSPS) is 18.6. The molecule has 0 bridgehead atoms. The lowest BCUT2D eigenvalue weighted by Crippen LogP contribution is -2.53. The largest absolute Gasteiger partial charge is 0.396 e. The summed E-state index contributed by atoms with van der Waals surface area (Å²) in [4.78, 5) is 16.5. The van der Waals surface area contributed by atoms with Crippen LogP contribution in [0.2, 0.25) is 0 Å². The van der Waals surface area contributed by atoms with Gasteiger partial charge in [-0.25, -0.2) is 4.79 Å². The Labute approximate surface area is 129 Å². The molecular formula is C16H33N3O2. The van der Waals surface area contributed by atoms with Crippen LogP contribution in [0.15, 0.2) is 0 Å². The van der Waals surface area contributed by atoms with Gasteiger partial charge in [-0.2, -0.15) is 0 Å². The molecule has 0 saturated carbocycles. The van der Waals surface area contributed by atoms with Crippen LogP contribution in [0.25, 0.3) is 0 Å². The Balaban J connectivity index is 2.24. The van der Waals surface area contributed by atoms with Gasteiger partial charge in [-0.3, -0.25) is 4.90 Å². The number of aliphatic hydroxyl groups is 1. The molecule has 0 aromatic carbocycles. The van der Waals surface area contributed by atoms with Crippen LogP contribution < -0.4 is 5.32 Å². The second kappa shape index (κ2) is 8.59. The summed E-state index contributed by atoms with van der Waals surface area (Å²) in [5, 5.41) is 11.8. The Hall–Kier alpha value is -0.810. The molecule has 0 aromatic heterocycles. The van der Waals surface area contributed by atoms with Crippen LogP contribution in [-0.4, -0.2) is 66.3 Å². The Morgan fingerprint density at radius 3 is 2.38 bits per heavy atom. The highest BCUT2D eigenvalue weighted by Crippen LogP contribution is 2.19. The molecule has 1 rings (SSSR count). The van der Waals surface area contributed by atoms with Crippen LogP contribution in [0.5, 0.6) is 0 Å². The van der Waals surface area contributed by atoms with Crippen molar-refractivity contribution < 1.29 is 9.90 Å². The second-order valence-corrected chi connectivity index (χ2v) is 7.36. The molecule has 2 N–H and O–H groups in total. The summed E-state index contributed by atoms with van der Waals surface area (Å²) in [7, 11) is 0. The van der Waals surface area contributed by atoms with Gasteiger partial charge in [-0.1, -0.05) is 20.8 Å². The number of nitrogens with one attached hydrogen (secondary N) is 1. The van der Waals surface area contributed by atoms with Gasteiger partial charge in [0.25, 0.3) is 0 Å². The third-order valence-corrected chi connectivity index (χ3v) is 4.00. The number of urea groups is 1. The number of hydrogen-bond acceptors (Lipinski definition) is 3. The van der Waals surface area contributed by atoms with E-state index in [1.807, 2.05) is 11.8 Å². The van der Waals surface area contributed by atoms with Crippen LogP contribution in [0.1, 0.15) is 47.0 Å². The van der Waals surface area contributed by atoms with E-state index in [9.17, 15) is 4.79 Å². The summed E-state index contributed by atoms with van der Waals surface area (Å²) >= 11 is 0. The maximum Gasteiger partial charge on any atom is 0.317 e. The summed E-state index contributed by atoms with van der Waals surface area (Å²) < 4.78 is 0. The van der Waals surface area contributed by atoms with Crippen LogP contribution >= 0.6 is 0 Å². The van der Waals surface area contributed by atoms with E-state index in [2.05, 4.69) is 31.0 Å². The molecule has 0 aliphatic carbocycles. The van der Waals surface area contributed by atoms with E-state index in [0.29, 0.717) is 5.41 Å². The summed E-state index contributed by atoms with van der Waals surface area (Å²) in [6.45, 7) is 13.7. The van der Waals surface area contributed by atoms with Crippen LogP contribution in [0.3, 0.4) is 0 Å². The van der Waals surface area contributed by atoms with Crippen LogP contribution in [-0.2, 0) is 0 Å². The van der Waals surface area contributed by atoms with Crippen LogP contribution in [0.4, 0.5) is 4.79 Å². The van der Waals surface area contributed by atoms with E-state index in [-0.39, 0.29) is 18.7 Å². The average molecular weight is 299 g/mol. The first-order chi connectivity index (χ1) is 9.81. The van der Waals surface area contributed by atoms with Crippen LogP contribution in [0, 0.1) is 5.41 Å². The highest BCUT2D eigenvalue weighted by molar-refractivity contribution is 5.74. The molecule has 1 unspecified atom stereocenters. The van der Waals surface area contributed by atoms with E-state index < -0.39 is 0 Å². The maximum atomic E-state index is 12.1. The van der Waals surface area contributed by atoms with Gasteiger partial charge in [-0.15, -0.1) is 0 Å². The molecule has 1 aliphatic heterocycles. The van der Waals surface area contributed by atoms with Gasteiger partial charge in [0, 0.05) is 38.8 Å². The highest BCUT2D eigenvalue weighted by Gasteiger charge is 2.22. The van der Waals surface area contributed by atoms with Gasteiger partial charge in [0.15, 0.2) is 0 Å². The zero-order valence-corrected chi connectivity index (χ0v) is 14.2. The lowest BCUT2D eigenvalue weighted by molar-refractivity contribution is 0.128. The van der Waals surface area contributed by atoms with Crippen molar-refractivity contribution in [3.63, 3.8) is 0 Å². The minimum absolute atomic E-state index is 0.0379. The van der Waals surface area contributed by atoms with E-state index in [1.165, 1.54) is 6.42 Å². The lowest BCUT2D eigenvalue weighted by Gasteiger charge is -2.36. The number of amides is 2. The molecular weight excluding hydrogens is 266 g/mol. The molecule has 0 radical (unpaired) electrons. The molecule has 5 nitrogen and oxygen atoms in total. The summed E-state index contributed by atoms with van der Waals surface area (Å²) in [6.07, 6.45) is 2.76. The zero-order valence-electron chi connectivity index (χ0n) is 14.2. The first kappa shape index (κ1) is 18.2. The van der Waals surface area contributed by atoms with Gasteiger partial charge in [0.05, 0.1) is 0 Å². The molecule has 1 fully saturated rings. The topological polar surface area (TPSA) is 55.8 Å². The number of piperazine rings is 1.